The molecular formula is C16H17BrFNO. The molecule has 1 atom stereocenters. The number of rotatable bonds is 3. The van der Waals surface area contributed by atoms with E-state index in [1.165, 1.54) is 6.07 Å². The van der Waals surface area contributed by atoms with Gasteiger partial charge in [-0.05, 0) is 58.1 Å². The third-order valence-electron chi connectivity index (χ3n) is 3.36. The lowest BCUT2D eigenvalue weighted by Crippen LogP contribution is -2.13. The summed E-state index contributed by atoms with van der Waals surface area (Å²) >= 11 is 3.26. The summed E-state index contributed by atoms with van der Waals surface area (Å²) in [7, 11) is 1.65. The zero-order chi connectivity index (χ0) is 14.9. The Bertz CT molecular complexity index is 619. The van der Waals surface area contributed by atoms with E-state index in [4.69, 9.17) is 10.5 Å². The van der Waals surface area contributed by atoms with Crippen molar-refractivity contribution >= 4 is 15.9 Å². The van der Waals surface area contributed by atoms with E-state index in [-0.39, 0.29) is 11.9 Å². The van der Waals surface area contributed by atoms with Crippen LogP contribution in [0.3, 0.4) is 0 Å². The average molecular weight is 338 g/mol. The van der Waals surface area contributed by atoms with Crippen LogP contribution in [0.1, 0.15) is 28.3 Å². The summed E-state index contributed by atoms with van der Waals surface area (Å²) in [6, 6.07) is 8.47. The van der Waals surface area contributed by atoms with Gasteiger partial charge in [-0.1, -0.05) is 24.3 Å². The second-order valence-corrected chi connectivity index (χ2v) is 5.60. The number of benzene rings is 2. The van der Waals surface area contributed by atoms with E-state index in [0.717, 1.165) is 28.0 Å². The Morgan fingerprint density at radius 1 is 1.20 bits per heavy atom. The molecule has 2 aromatic rings. The molecule has 0 radical (unpaired) electrons. The Labute approximate surface area is 126 Å². The summed E-state index contributed by atoms with van der Waals surface area (Å²) in [6.07, 6.45) is 0. The Kier molecular flexibility index (Phi) is 4.45. The molecule has 106 valence electrons. The van der Waals surface area contributed by atoms with Gasteiger partial charge in [0, 0.05) is 0 Å². The van der Waals surface area contributed by atoms with E-state index in [2.05, 4.69) is 15.9 Å². The highest BCUT2D eigenvalue weighted by Crippen LogP contribution is 2.32. The van der Waals surface area contributed by atoms with Crippen LogP contribution in [0.2, 0.25) is 0 Å². The van der Waals surface area contributed by atoms with Crippen LogP contribution < -0.4 is 10.5 Å². The molecule has 0 aromatic heterocycles. The molecule has 1 unspecified atom stereocenters. The lowest BCUT2D eigenvalue weighted by molar-refractivity contribution is 0.408. The van der Waals surface area contributed by atoms with Gasteiger partial charge in [0.25, 0.3) is 0 Å². The van der Waals surface area contributed by atoms with Crippen LogP contribution in [-0.4, -0.2) is 7.11 Å². The van der Waals surface area contributed by atoms with Gasteiger partial charge in [-0.25, -0.2) is 4.39 Å². The summed E-state index contributed by atoms with van der Waals surface area (Å²) in [5, 5.41) is 0. The first-order valence-corrected chi connectivity index (χ1v) is 7.09. The molecular weight excluding hydrogens is 321 g/mol. The number of halogens is 2. The van der Waals surface area contributed by atoms with Gasteiger partial charge in [-0.15, -0.1) is 0 Å². The smallest absolute Gasteiger partial charge is 0.137 e. The van der Waals surface area contributed by atoms with Crippen LogP contribution in [-0.2, 0) is 0 Å². The third kappa shape index (κ3) is 2.72. The Morgan fingerprint density at radius 3 is 2.35 bits per heavy atom. The fourth-order valence-electron chi connectivity index (χ4n) is 2.43. The van der Waals surface area contributed by atoms with Crippen molar-refractivity contribution in [2.24, 2.45) is 5.73 Å². The highest BCUT2D eigenvalue weighted by Gasteiger charge is 2.16. The fourth-order valence-corrected chi connectivity index (χ4v) is 2.94. The van der Waals surface area contributed by atoms with Crippen LogP contribution in [0, 0.1) is 19.7 Å². The monoisotopic (exact) mass is 337 g/mol. The minimum atomic E-state index is -0.386. The molecule has 0 aliphatic carbocycles. The van der Waals surface area contributed by atoms with Crippen molar-refractivity contribution in [2.75, 3.05) is 7.11 Å². The van der Waals surface area contributed by atoms with Crippen molar-refractivity contribution in [3.8, 4) is 5.75 Å². The largest absolute Gasteiger partial charge is 0.496 e. The SMILES string of the molecule is COc1c(C)cc(C(N)c2cccc(F)c2Br)cc1C. The van der Waals surface area contributed by atoms with Crippen LogP contribution in [0.25, 0.3) is 0 Å². The highest BCUT2D eigenvalue weighted by atomic mass is 79.9. The first-order chi connectivity index (χ1) is 9.45. The number of ether oxygens (including phenoxy) is 1. The average Bonchev–Trinajstić information content (AvgIpc) is 2.41. The minimum Gasteiger partial charge on any atom is -0.496 e. The molecule has 0 aliphatic heterocycles. The molecule has 0 amide bonds. The molecule has 0 spiro atoms. The van der Waals surface area contributed by atoms with E-state index < -0.39 is 0 Å². The maximum Gasteiger partial charge on any atom is 0.137 e. The molecule has 0 heterocycles. The van der Waals surface area contributed by atoms with Gasteiger partial charge in [0.1, 0.15) is 11.6 Å². The van der Waals surface area contributed by atoms with Crippen molar-refractivity contribution in [3.05, 3.63) is 62.9 Å². The van der Waals surface area contributed by atoms with Gasteiger partial charge in [0.15, 0.2) is 0 Å². The quantitative estimate of drug-likeness (QED) is 0.907. The second-order valence-electron chi connectivity index (χ2n) is 4.81. The zero-order valence-electron chi connectivity index (χ0n) is 11.7. The maximum atomic E-state index is 13.6. The van der Waals surface area contributed by atoms with E-state index in [9.17, 15) is 4.39 Å². The number of methoxy groups -OCH3 is 1. The van der Waals surface area contributed by atoms with Crippen LogP contribution in [0.5, 0.6) is 5.75 Å². The van der Waals surface area contributed by atoms with E-state index in [1.807, 2.05) is 32.0 Å². The lowest BCUT2D eigenvalue weighted by Gasteiger charge is -2.18. The van der Waals surface area contributed by atoms with Crippen molar-refractivity contribution in [2.45, 2.75) is 19.9 Å². The van der Waals surface area contributed by atoms with Crippen molar-refractivity contribution in [1.82, 2.24) is 0 Å². The maximum absolute atomic E-state index is 13.6. The molecule has 2 N–H and O–H groups in total. The molecule has 4 heteroatoms. The highest BCUT2D eigenvalue weighted by molar-refractivity contribution is 9.10. The molecule has 20 heavy (non-hydrogen) atoms. The van der Waals surface area contributed by atoms with Crippen LogP contribution in [0.4, 0.5) is 4.39 Å². The number of aryl methyl sites for hydroxylation is 2. The van der Waals surface area contributed by atoms with Crippen LogP contribution in [0.15, 0.2) is 34.8 Å². The van der Waals surface area contributed by atoms with Gasteiger partial charge in [0.05, 0.1) is 17.6 Å². The summed E-state index contributed by atoms with van der Waals surface area (Å²) < 4.78 is 19.4. The zero-order valence-corrected chi connectivity index (χ0v) is 13.3. The molecule has 0 saturated carbocycles. The predicted molar refractivity (Wildman–Crippen MR) is 82.6 cm³/mol. The normalized spacial score (nSPS) is 12.3. The second kappa shape index (κ2) is 5.94. The Morgan fingerprint density at radius 2 is 1.80 bits per heavy atom. The molecule has 0 aliphatic rings. The van der Waals surface area contributed by atoms with Crippen molar-refractivity contribution in [3.63, 3.8) is 0 Å². The predicted octanol–water partition coefficient (Wildman–Crippen LogP) is 4.26. The summed E-state index contributed by atoms with van der Waals surface area (Å²) in [4.78, 5) is 0. The van der Waals surface area contributed by atoms with Crippen LogP contribution >= 0.6 is 15.9 Å². The van der Waals surface area contributed by atoms with Gasteiger partial charge in [-0.3, -0.25) is 0 Å². The number of hydrogen-bond donors (Lipinski definition) is 1. The molecule has 2 aromatic carbocycles. The van der Waals surface area contributed by atoms with Gasteiger partial charge in [0.2, 0.25) is 0 Å². The summed E-state index contributed by atoms with van der Waals surface area (Å²) in [6.45, 7) is 3.95. The van der Waals surface area contributed by atoms with Crippen molar-refractivity contribution in [1.29, 1.82) is 0 Å². The van der Waals surface area contributed by atoms with Gasteiger partial charge >= 0.3 is 0 Å². The summed E-state index contributed by atoms with van der Waals surface area (Å²) in [5.41, 5.74) is 9.98. The topological polar surface area (TPSA) is 35.2 Å². The van der Waals surface area contributed by atoms with Gasteiger partial charge in [-0.2, -0.15) is 0 Å². The van der Waals surface area contributed by atoms with E-state index >= 15 is 0 Å². The molecule has 0 fully saturated rings. The summed E-state index contributed by atoms with van der Waals surface area (Å²) in [5.74, 6) is 0.555. The Hall–Kier alpha value is -1.39. The third-order valence-corrected chi connectivity index (χ3v) is 4.20. The van der Waals surface area contributed by atoms with E-state index in [1.54, 1.807) is 13.2 Å². The first-order valence-electron chi connectivity index (χ1n) is 6.30. The van der Waals surface area contributed by atoms with Crippen molar-refractivity contribution < 1.29 is 9.13 Å². The van der Waals surface area contributed by atoms with Gasteiger partial charge < -0.3 is 10.5 Å². The lowest BCUT2D eigenvalue weighted by atomic mass is 9.95. The Balaban J connectivity index is 2.49. The standard InChI is InChI=1S/C16H17BrFNO/c1-9-7-11(8-10(2)16(9)20-3)15(19)12-5-4-6-13(18)14(12)17/h4-8,15H,19H2,1-3H3. The molecule has 0 saturated heterocycles. The molecule has 2 rings (SSSR count). The molecule has 0 bridgehead atoms. The fraction of sp³-hybridized carbons (Fsp3) is 0.250. The minimum absolute atomic E-state index is 0.306. The molecule has 2 nitrogen and oxygen atoms in total. The number of nitrogens with two attached hydrogens (primary N) is 1. The first kappa shape index (κ1) is 15.0. The van der Waals surface area contributed by atoms with E-state index in [0.29, 0.717) is 4.47 Å². The number of hydrogen-bond acceptors (Lipinski definition) is 2.